The van der Waals surface area contributed by atoms with E-state index in [4.69, 9.17) is 0 Å². The fourth-order valence-electron chi connectivity index (χ4n) is 1.90. The van der Waals surface area contributed by atoms with Crippen molar-refractivity contribution in [3.05, 3.63) is 60.7 Å². The van der Waals surface area contributed by atoms with Crippen molar-refractivity contribution in [1.82, 2.24) is 9.97 Å². The smallest absolute Gasteiger partial charge is 0.159 e. The summed E-state index contributed by atoms with van der Waals surface area (Å²) in [5.74, 6) is -0.233. The standard InChI is InChI=1S/C14H9FN2/c15-13-6-2-1-4-11(13)10-7-9-17-14-12(10)5-3-8-16-14/h1-9H. The molecule has 2 heterocycles. The number of hydrogen-bond acceptors (Lipinski definition) is 2. The summed E-state index contributed by atoms with van der Waals surface area (Å²) in [6, 6.07) is 12.3. The van der Waals surface area contributed by atoms with Gasteiger partial charge in [0.05, 0.1) is 0 Å². The van der Waals surface area contributed by atoms with Crippen LogP contribution in [0, 0.1) is 5.82 Å². The van der Waals surface area contributed by atoms with Gasteiger partial charge in [0, 0.05) is 23.3 Å². The molecule has 17 heavy (non-hydrogen) atoms. The molecule has 3 heteroatoms. The van der Waals surface area contributed by atoms with E-state index < -0.39 is 0 Å². The zero-order valence-electron chi connectivity index (χ0n) is 8.97. The zero-order chi connectivity index (χ0) is 11.7. The third kappa shape index (κ3) is 1.65. The van der Waals surface area contributed by atoms with Crippen LogP contribution in [0.3, 0.4) is 0 Å². The maximum absolute atomic E-state index is 13.8. The molecule has 0 aliphatic carbocycles. The minimum Gasteiger partial charge on any atom is -0.237 e. The monoisotopic (exact) mass is 224 g/mol. The topological polar surface area (TPSA) is 25.8 Å². The SMILES string of the molecule is Fc1ccccc1-c1ccnc2ncccc12. The number of nitrogens with zero attached hydrogens (tertiary/aromatic N) is 2. The Labute approximate surface area is 97.8 Å². The Morgan fingerprint density at radius 2 is 1.59 bits per heavy atom. The van der Waals surface area contributed by atoms with Crippen LogP contribution in [-0.2, 0) is 0 Å². The third-order valence-corrected chi connectivity index (χ3v) is 2.68. The number of fused-ring (bicyclic) bond motifs is 1. The Kier molecular flexibility index (Phi) is 2.29. The lowest BCUT2D eigenvalue weighted by Gasteiger charge is -2.06. The molecular weight excluding hydrogens is 215 g/mol. The first-order valence-corrected chi connectivity index (χ1v) is 5.31. The molecule has 0 bridgehead atoms. The van der Waals surface area contributed by atoms with Gasteiger partial charge in [-0.1, -0.05) is 18.2 Å². The molecule has 3 aromatic rings. The molecule has 0 aliphatic rings. The van der Waals surface area contributed by atoms with E-state index in [1.807, 2.05) is 24.3 Å². The number of halogens is 1. The molecule has 0 spiro atoms. The number of benzene rings is 1. The van der Waals surface area contributed by atoms with Gasteiger partial charge < -0.3 is 0 Å². The highest BCUT2D eigenvalue weighted by Gasteiger charge is 2.08. The summed E-state index contributed by atoms with van der Waals surface area (Å²) >= 11 is 0. The molecule has 0 radical (unpaired) electrons. The molecule has 0 saturated carbocycles. The van der Waals surface area contributed by atoms with Crippen molar-refractivity contribution in [3.63, 3.8) is 0 Å². The van der Waals surface area contributed by atoms with E-state index in [2.05, 4.69) is 9.97 Å². The van der Waals surface area contributed by atoms with Crippen LogP contribution >= 0.6 is 0 Å². The highest BCUT2D eigenvalue weighted by molar-refractivity contribution is 5.92. The molecule has 1 aromatic carbocycles. The van der Waals surface area contributed by atoms with Gasteiger partial charge in [-0.05, 0) is 29.8 Å². The van der Waals surface area contributed by atoms with Crippen LogP contribution in [0.1, 0.15) is 0 Å². The molecule has 0 unspecified atom stereocenters. The van der Waals surface area contributed by atoms with E-state index in [1.54, 1.807) is 24.5 Å². The Bertz CT molecular complexity index is 674. The lowest BCUT2D eigenvalue weighted by atomic mass is 10.0. The van der Waals surface area contributed by atoms with Crippen LogP contribution in [0.2, 0.25) is 0 Å². The second-order valence-electron chi connectivity index (χ2n) is 3.71. The Balaban J connectivity index is 2.35. The van der Waals surface area contributed by atoms with E-state index in [-0.39, 0.29) is 5.82 Å². The lowest BCUT2D eigenvalue weighted by molar-refractivity contribution is 0.631. The first-order valence-electron chi connectivity index (χ1n) is 5.31. The minimum absolute atomic E-state index is 0.233. The van der Waals surface area contributed by atoms with Gasteiger partial charge >= 0.3 is 0 Å². The average Bonchev–Trinajstić information content (AvgIpc) is 2.39. The highest BCUT2D eigenvalue weighted by atomic mass is 19.1. The van der Waals surface area contributed by atoms with Crippen LogP contribution in [0.25, 0.3) is 22.2 Å². The summed E-state index contributed by atoms with van der Waals surface area (Å²) in [7, 11) is 0. The van der Waals surface area contributed by atoms with E-state index in [0.29, 0.717) is 11.2 Å². The summed E-state index contributed by atoms with van der Waals surface area (Å²) < 4.78 is 13.8. The van der Waals surface area contributed by atoms with E-state index in [9.17, 15) is 4.39 Å². The minimum atomic E-state index is -0.233. The van der Waals surface area contributed by atoms with Crippen LogP contribution in [0.15, 0.2) is 54.9 Å². The van der Waals surface area contributed by atoms with Crippen LogP contribution in [0.4, 0.5) is 4.39 Å². The number of pyridine rings is 2. The van der Waals surface area contributed by atoms with E-state index in [0.717, 1.165) is 10.9 Å². The second kappa shape index (κ2) is 3.94. The summed E-state index contributed by atoms with van der Waals surface area (Å²) in [6.07, 6.45) is 3.33. The number of aromatic nitrogens is 2. The van der Waals surface area contributed by atoms with Gasteiger partial charge in [-0.2, -0.15) is 0 Å². The van der Waals surface area contributed by atoms with E-state index >= 15 is 0 Å². The Morgan fingerprint density at radius 3 is 2.47 bits per heavy atom. The first-order chi connectivity index (χ1) is 8.36. The van der Waals surface area contributed by atoms with Crippen molar-refractivity contribution in [3.8, 4) is 11.1 Å². The quantitative estimate of drug-likeness (QED) is 0.632. The average molecular weight is 224 g/mol. The van der Waals surface area contributed by atoms with Crippen molar-refractivity contribution in [2.24, 2.45) is 0 Å². The third-order valence-electron chi connectivity index (χ3n) is 2.68. The molecule has 0 N–H and O–H groups in total. The maximum Gasteiger partial charge on any atom is 0.159 e. The normalized spacial score (nSPS) is 10.6. The lowest BCUT2D eigenvalue weighted by Crippen LogP contribution is -1.88. The number of hydrogen-bond donors (Lipinski definition) is 0. The molecular formula is C14H9FN2. The van der Waals surface area contributed by atoms with E-state index in [1.165, 1.54) is 6.07 Å². The largest absolute Gasteiger partial charge is 0.237 e. The van der Waals surface area contributed by atoms with Crippen molar-refractivity contribution < 1.29 is 4.39 Å². The fraction of sp³-hybridized carbons (Fsp3) is 0. The van der Waals surface area contributed by atoms with Gasteiger partial charge in [0.1, 0.15) is 5.82 Å². The number of rotatable bonds is 1. The molecule has 0 atom stereocenters. The summed E-state index contributed by atoms with van der Waals surface area (Å²) in [5.41, 5.74) is 2.03. The van der Waals surface area contributed by atoms with Crippen molar-refractivity contribution in [2.75, 3.05) is 0 Å². The van der Waals surface area contributed by atoms with Crippen molar-refractivity contribution in [2.45, 2.75) is 0 Å². The Hall–Kier alpha value is -2.29. The molecule has 82 valence electrons. The van der Waals surface area contributed by atoms with Crippen LogP contribution < -0.4 is 0 Å². The molecule has 0 fully saturated rings. The maximum atomic E-state index is 13.8. The summed E-state index contributed by atoms with van der Waals surface area (Å²) in [4.78, 5) is 8.33. The van der Waals surface area contributed by atoms with Gasteiger partial charge in [0.25, 0.3) is 0 Å². The van der Waals surface area contributed by atoms with Gasteiger partial charge in [-0.15, -0.1) is 0 Å². The first kappa shape index (κ1) is 9.90. The molecule has 2 aromatic heterocycles. The van der Waals surface area contributed by atoms with Crippen molar-refractivity contribution in [1.29, 1.82) is 0 Å². The summed E-state index contributed by atoms with van der Waals surface area (Å²) in [5, 5.41) is 0.861. The second-order valence-corrected chi connectivity index (χ2v) is 3.71. The predicted molar refractivity (Wildman–Crippen MR) is 64.9 cm³/mol. The fourth-order valence-corrected chi connectivity index (χ4v) is 1.90. The van der Waals surface area contributed by atoms with Crippen LogP contribution in [-0.4, -0.2) is 9.97 Å². The predicted octanol–water partition coefficient (Wildman–Crippen LogP) is 3.44. The molecule has 0 saturated heterocycles. The van der Waals surface area contributed by atoms with Gasteiger partial charge in [-0.25, -0.2) is 14.4 Å². The van der Waals surface area contributed by atoms with Crippen molar-refractivity contribution >= 4 is 11.0 Å². The van der Waals surface area contributed by atoms with Crippen LogP contribution in [0.5, 0.6) is 0 Å². The van der Waals surface area contributed by atoms with Gasteiger partial charge in [0.15, 0.2) is 5.65 Å². The highest BCUT2D eigenvalue weighted by Crippen LogP contribution is 2.28. The summed E-state index contributed by atoms with van der Waals surface area (Å²) in [6.45, 7) is 0. The molecule has 0 aliphatic heterocycles. The molecule has 3 rings (SSSR count). The zero-order valence-corrected chi connectivity index (χ0v) is 8.97. The van der Waals surface area contributed by atoms with Gasteiger partial charge in [-0.3, -0.25) is 0 Å². The van der Waals surface area contributed by atoms with Gasteiger partial charge in [0.2, 0.25) is 0 Å². The Morgan fingerprint density at radius 1 is 0.765 bits per heavy atom. The molecule has 0 amide bonds. The molecule has 2 nitrogen and oxygen atoms in total.